The maximum absolute atomic E-state index is 9.38. The maximum Gasteiger partial charge on any atom is 0.118 e. The van der Waals surface area contributed by atoms with Gasteiger partial charge in [-0.05, 0) is 42.9 Å². The van der Waals surface area contributed by atoms with Gasteiger partial charge in [0.05, 0.1) is 0 Å². The molecular weight excluding hydrogens is 136 g/mol. The van der Waals surface area contributed by atoms with E-state index < -0.39 is 0 Å². The number of benzene rings is 1. The summed E-state index contributed by atoms with van der Waals surface area (Å²) in [6, 6.07) is 5.80. The molecule has 1 N–H and O–H groups in total. The molecule has 0 aliphatic heterocycles. The number of hydrogen-bond acceptors (Lipinski definition) is 1. The first-order valence-corrected chi connectivity index (χ1v) is 4.07. The summed E-state index contributed by atoms with van der Waals surface area (Å²) in [6.45, 7) is 1.99. The second kappa shape index (κ2) is 2.26. The first-order chi connectivity index (χ1) is 5.29. The van der Waals surface area contributed by atoms with Crippen LogP contribution in [0.2, 0.25) is 0 Å². The highest BCUT2D eigenvalue weighted by Crippen LogP contribution is 2.42. The molecule has 1 aliphatic carbocycles. The number of phenolic OH excluding ortho intramolecular Hbond substituents is 1. The van der Waals surface area contributed by atoms with Gasteiger partial charge >= 0.3 is 0 Å². The molecule has 11 heavy (non-hydrogen) atoms. The standard InChI is InChI=1S/C10H12O/c1-7-9(8-5-6-8)3-2-4-10(7)11/h2-4,8,11H,5-6H2,1H3. The Morgan fingerprint density at radius 2 is 2.09 bits per heavy atom. The monoisotopic (exact) mass is 148 g/mol. The summed E-state index contributed by atoms with van der Waals surface area (Å²) in [5.41, 5.74) is 2.40. The Bertz CT molecular complexity index is 274. The molecule has 1 fully saturated rings. The number of aromatic hydroxyl groups is 1. The Kier molecular flexibility index (Phi) is 1.38. The molecule has 0 saturated heterocycles. The molecule has 1 heteroatoms. The zero-order valence-electron chi connectivity index (χ0n) is 6.67. The smallest absolute Gasteiger partial charge is 0.118 e. The minimum absolute atomic E-state index is 0.439. The number of rotatable bonds is 1. The molecule has 0 bridgehead atoms. The summed E-state index contributed by atoms with van der Waals surface area (Å²) >= 11 is 0. The van der Waals surface area contributed by atoms with E-state index in [1.165, 1.54) is 18.4 Å². The van der Waals surface area contributed by atoms with E-state index in [2.05, 4.69) is 6.07 Å². The Labute approximate surface area is 66.7 Å². The summed E-state index contributed by atoms with van der Waals surface area (Å²) in [4.78, 5) is 0. The molecule has 0 spiro atoms. The topological polar surface area (TPSA) is 20.2 Å². The molecule has 0 aromatic heterocycles. The summed E-state index contributed by atoms with van der Waals surface area (Å²) in [6.07, 6.45) is 2.59. The quantitative estimate of drug-likeness (QED) is 0.649. The molecule has 0 atom stereocenters. The predicted molar refractivity (Wildman–Crippen MR) is 44.8 cm³/mol. The Morgan fingerprint density at radius 3 is 2.73 bits per heavy atom. The Balaban J connectivity index is 2.45. The highest BCUT2D eigenvalue weighted by molar-refractivity contribution is 5.41. The fourth-order valence-electron chi connectivity index (χ4n) is 1.48. The van der Waals surface area contributed by atoms with E-state index >= 15 is 0 Å². The van der Waals surface area contributed by atoms with Crippen molar-refractivity contribution in [1.29, 1.82) is 0 Å². The lowest BCUT2D eigenvalue weighted by Gasteiger charge is -2.04. The van der Waals surface area contributed by atoms with E-state index in [9.17, 15) is 5.11 Å². The number of phenols is 1. The van der Waals surface area contributed by atoms with E-state index in [1.54, 1.807) is 6.07 Å². The first-order valence-electron chi connectivity index (χ1n) is 4.07. The molecular formula is C10H12O. The third kappa shape index (κ3) is 1.11. The van der Waals surface area contributed by atoms with Crippen molar-refractivity contribution >= 4 is 0 Å². The van der Waals surface area contributed by atoms with Crippen molar-refractivity contribution in [3.05, 3.63) is 29.3 Å². The molecule has 1 aromatic rings. The van der Waals surface area contributed by atoms with Crippen LogP contribution in [0.25, 0.3) is 0 Å². The molecule has 1 nitrogen and oxygen atoms in total. The van der Waals surface area contributed by atoms with Gasteiger partial charge in [-0.3, -0.25) is 0 Å². The van der Waals surface area contributed by atoms with Gasteiger partial charge in [0.25, 0.3) is 0 Å². The number of hydrogen-bond donors (Lipinski definition) is 1. The van der Waals surface area contributed by atoms with Crippen LogP contribution in [-0.2, 0) is 0 Å². The lowest BCUT2D eigenvalue weighted by Crippen LogP contribution is -1.84. The van der Waals surface area contributed by atoms with Gasteiger partial charge in [-0.1, -0.05) is 12.1 Å². The lowest BCUT2D eigenvalue weighted by atomic mass is 10.0. The SMILES string of the molecule is Cc1c(O)cccc1C1CC1. The molecule has 58 valence electrons. The molecule has 0 unspecified atom stereocenters. The lowest BCUT2D eigenvalue weighted by molar-refractivity contribution is 0.470. The van der Waals surface area contributed by atoms with Crippen molar-refractivity contribution in [2.75, 3.05) is 0 Å². The van der Waals surface area contributed by atoms with Crippen LogP contribution >= 0.6 is 0 Å². The van der Waals surface area contributed by atoms with Crippen LogP contribution in [0, 0.1) is 6.92 Å². The van der Waals surface area contributed by atoms with Crippen LogP contribution in [0.15, 0.2) is 18.2 Å². The summed E-state index contributed by atoms with van der Waals surface area (Å²) < 4.78 is 0. The Hall–Kier alpha value is -0.980. The zero-order chi connectivity index (χ0) is 7.84. The average molecular weight is 148 g/mol. The average Bonchev–Trinajstić information content (AvgIpc) is 2.77. The molecule has 2 rings (SSSR count). The largest absolute Gasteiger partial charge is 0.508 e. The van der Waals surface area contributed by atoms with Gasteiger partial charge in [0.1, 0.15) is 5.75 Å². The third-order valence-corrected chi connectivity index (χ3v) is 2.36. The van der Waals surface area contributed by atoms with E-state index in [0.29, 0.717) is 5.75 Å². The summed E-state index contributed by atoms with van der Waals surface area (Å²) in [5, 5.41) is 9.38. The first kappa shape index (κ1) is 6.71. The van der Waals surface area contributed by atoms with Crippen LogP contribution in [0.4, 0.5) is 0 Å². The third-order valence-electron chi connectivity index (χ3n) is 2.36. The van der Waals surface area contributed by atoms with Crippen LogP contribution in [-0.4, -0.2) is 5.11 Å². The van der Waals surface area contributed by atoms with Crippen LogP contribution in [0.1, 0.15) is 29.9 Å². The molecule has 0 radical (unpaired) electrons. The minimum Gasteiger partial charge on any atom is -0.508 e. The van der Waals surface area contributed by atoms with Crippen molar-refractivity contribution in [2.24, 2.45) is 0 Å². The molecule has 0 heterocycles. The Morgan fingerprint density at radius 1 is 1.36 bits per heavy atom. The van der Waals surface area contributed by atoms with Gasteiger partial charge in [-0.25, -0.2) is 0 Å². The van der Waals surface area contributed by atoms with Gasteiger partial charge in [0, 0.05) is 0 Å². The fourth-order valence-corrected chi connectivity index (χ4v) is 1.48. The fraction of sp³-hybridized carbons (Fsp3) is 0.400. The van der Waals surface area contributed by atoms with Crippen molar-refractivity contribution in [3.63, 3.8) is 0 Å². The highest BCUT2D eigenvalue weighted by atomic mass is 16.3. The van der Waals surface area contributed by atoms with Gasteiger partial charge < -0.3 is 5.11 Å². The van der Waals surface area contributed by atoms with E-state index in [4.69, 9.17) is 0 Å². The highest BCUT2D eigenvalue weighted by Gasteiger charge is 2.25. The molecule has 1 saturated carbocycles. The molecule has 0 amide bonds. The minimum atomic E-state index is 0.439. The predicted octanol–water partition coefficient (Wildman–Crippen LogP) is 2.58. The van der Waals surface area contributed by atoms with Crippen LogP contribution in [0.5, 0.6) is 5.75 Å². The van der Waals surface area contributed by atoms with Crippen LogP contribution < -0.4 is 0 Å². The summed E-state index contributed by atoms with van der Waals surface area (Å²) in [5.74, 6) is 1.18. The molecule has 1 aliphatic rings. The second-order valence-corrected chi connectivity index (χ2v) is 3.27. The van der Waals surface area contributed by atoms with Crippen LogP contribution in [0.3, 0.4) is 0 Å². The normalized spacial score (nSPS) is 16.8. The van der Waals surface area contributed by atoms with Gasteiger partial charge in [-0.15, -0.1) is 0 Å². The van der Waals surface area contributed by atoms with Gasteiger partial charge in [0.2, 0.25) is 0 Å². The maximum atomic E-state index is 9.38. The van der Waals surface area contributed by atoms with E-state index in [1.807, 2.05) is 13.0 Å². The van der Waals surface area contributed by atoms with Crippen molar-refractivity contribution in [2.45, 2.75) is 25.7 Å². The van der Waals surface area contributed by atoms with E-state index in [-0.39, 0.29) is 0 Å². The van der Waals surface area contributed by atoms with Crippen molar-refractivity contribution in [3.8, 4) is 5.75 Å². The molecule has 1 aromatic carbocycles. The second-order valence-electron chi connectivity index (χ2n) is 3.27. The van der Waals surface area contributed by atoms with Crippen molar-refractivity contribution in [1.82, 2.24) is 0 Å². The van der Waals surface area contributed by atoms with E-state index in [0.717, 1.165) is 11.5 Å². The summed E-state index contributed by atoms with van der Waals surface area (Å²) in [7, 11) is 0. The van der Waals surface area contributed by atoms with Crippen molar-refractivity contribution < 1.29 is 5.11 Å². The van der Waals surface area contributed by atoms with Gasteiger partial charge in [0.15, 0.2) is 0 Å². The zero-order valence-corrected chi connectivity index (χ0v) is 6.67. The van der Waals surface area contributed by atoms with Gasteiger partial charge in [-0.2, -0.15) is 0 Å².